The average Bonchev–Trinajstić information content (AvgIpc) is 2.14. The van der Waals surface area contributed by atoms with Gasteiger partial charge in [-0.05, 0) is 13.8 Å². The van der Waals surface area contributed by atoms with Gasteiger partial charge >= 0.3 is 6.18 Å². The fourth-order valence-corrected chi connectivity index (χ4v) is 1.44. The number of hydrogen-bond acceptors (Lipinski definition) is 2. The highest BCUT2D eigenvalue weighted by atomic mass is 19.4. The number of Topliss-reactive ketones (excluding diaryl/α,β-unsaturated/α-hetero) is 1. The first-order chi connectivity index (χ1) is 7.19. The van der Waals surface area contributed by atoms with E-state index in [1.807, 2.05) is 0 Å². The van der Waals surface area contributed by atoms with E-state index >= 15 is 0 Å². The Morgan fingerprint density at radius 3 is 2.25 bits per heavy atom. The third-order valence-corrected chi connectivity index (χ3v) is 2.36. The minimum absolute atomic E-state index is 0.451. The fourth-order valence-electron chi connectivity index (χ4n) is 1.44. The van der Waals surface area contributed by atoms with Crippen LogP contribution in [0.15, 0.2) is 24.3 Å². The van der Waals surface area contributed by atoms with Crippen LogP contribution in [0.2, 0.25) is 0 Å². The van der Waals surface area contributed by atoms with Crippen LogP contribution in [0.5, 0.6) is 0 Å². The van der Waals surface area contributed by atoms with Gasteiger partial charge in [0.15, 0.2) is 5.78 Å². The van der Waals surface area contributed by atoms with Crippen molar-refractivity contribution >= 4 is 5.78 Å². The third-order valence-electron chi connectivity index (χ3n) is 2.36. The van der Waals surface area contributed by atoms with Crippen molar-refractivity contribution in [3.63, 3.8) is 0 Å². The van der Waals surface area contributed by atoms with E-state index in [2.05, 4.69) is 0 Å². The Balaban J connectivity index is 3.39. The van der Waals surface area contributed by atoms with Gasteiger partial charge in [0.05, 0.1) is 0 Å². The Labute approximate surface area is 90.7 Å². The molecule has 0 aromatic heterocycles. The Bertz CT molecular complexity index is 412. The van der Waals surface area contributed by atoms with Gasteiger partial charge in [-0.25, -0.2) is 0 Å². The van der Waals surface area contributed by atoms with Gasteiger partial charge in [-0.15, -0.1) is 0 Å². The summed E-state index contributed by atoms with van der Waals surface area (Å²) in [5, 5.41) is 9.55. The zero-order valence-corrected chi connectivity index (χ0v) is 8.80. The summed E-state index contributed by atoms with van der Waals surface area (Å²) in [5.41, 5.74) is -3.33. The van der Waals surface area contributed by atoms with E-state index in [4.69, 9.17) is 0 Å². The van der Waals surface area contributed by atoms with Crippen molar-refractivity contribution in [1.82, 2.24) is 0 Å². The zero-order valence-electron chi connectivity index (χ0n) is 8.80. The molecule has 1 N–H and O–H groups in total. The first kappa shape index (κ1) is 12.7. The van der Waals surface area contributed by atoms with E-state index in [-0.39, 0.29) is 0 Å². The van der Waals surface area contributed by atoms with Gasteiger partial charge < -0.3 is 5.11 Å². The minimum Gasteiger partial charge on any atom is -0.370 e. The van der Waals surface area contributed by atoms with Crippen LogP contribution < -0.4 is 0 Å². The largest absolute Gasteiger partial charge is 0.428 e. The molecule has 0 radical (unpaired) electrons. The number of halogens is 3. The number of alkyl halides is 3. The standard InChI is InChI=1S/C11H11F3O2/c1-7-4-3-5-9(6-7)10(16,8(2)15)11(12,13)14/h3-6,16H,1-2H3/t10-/m1/s1. The van der Waals surface area contributed by atoms with E-state index in [9.17, 15) is 23.1 Å². The van der Waals surface area contributed by atoms with Gasteiger partial charge in [0.2, 0.25) is 5.60 Å². The summed E-state index contributed by atoms with van der Waals surface area (Å²) in [5.74, 6) is -1.34. The van der Waals surface area contributed by atoms with Crippen molar-refractivity contribution in [2.75, 3.05) is 0 Å². The van der Waals surface area contributed by atoms with E-state index in [1.54, 1.807) is 13.0 Å². The molecule has 0 aliphatic carbocycles. The molecular weight excluding hydrogens is 221 g/mol. The number of rotatable bonds is 2. The van der Waals surface area contributed by atoms with Crippen LogP contribution in [0.4, 0.5) is 13.2 Å². The van der Waals surface area contributed by atoms with Crippen molar-refractivity contribution < 1.29 is 23.1 Å². The van der Waals surface area contributed by atoms with E-state index in [1.165, 1.54) is 6.07 Å². The SMILES string of the molecule is CC(=O)[C@@](O)(c1cccc(C)c1)C(F)(F)F. The number of hydrogen-bond donors (Lipinski definition) is 1. The smallest absolute Gasteiger partial charge is 0.370 e. The van der Waals surface area contributed by atoms with Gasteiger partial charge in [0.25, 0.3) is 0 Å². The molecule has 0 amide bonds. The lowest BCUT2D eigenvalue weighted by Crippen LogP contribution is -2.48. The van der Waals surface area contributed by atoms with Gasteiger partial charge in [0, 0.05) is 5.56 Å². The van der Waals surface area contributed by atoms with Crippen LogP contribution in [0.1, 0.15) is 18.1 Å². The Hall–Kier alpha value is -1.36. The molecule has 1 rings (SSSR count). The van der Waals surface area contributed by atoms with Crippen molar-refractivity contribution in [3.05, 3.63) is 35.4 Å². The summed E-state index contributed by atoms with van der Waals surface area (Å²) in [7, 11) is 0. The van der Waals surface area contributed by atoms with Gasteiger partial charge in [-0.1, -0.05) is 29.8 Å². The second kappa shape index (κ2) is 3.90. The molecule has 0 bridgehead atoms. The molecule has 0 saturated heterocycles. The number of carbonyl (C=O) groups is 1. The Kier molecular flexibility index (Phi) is 3.10. The highest BCUT2D eigenvalue weighted by molar-refractivity contribution is 5.87. The molecule has 0 aliphatic rings. The molecule has 5 heteroatoms. The number of ketones is 1. The van der Waals surface area contributed by atoms with Crippen LogP contribution in [0.25, 0.3) is 0 Å². The van der Waals surface area contributed by atoms with E-state index in [0.717, 1.165) is 19.1 Å². The maximum absolute atomic E-state index is 12.7. The molecule has 0 unspecified atom stereocenters. The van der Waals surface area contributed by atoms with Crippen LogP contribution in [-0.2, 0) is 10.4 Å². The predicted molar refractivity (Wildman–Crippen MR) is 51.8 cm³/mol. The second-order valence-electron chi connectivity index (χ2n) is 3.63. The lowest BCUT2D eigenvalue weighted by atomic mass is 9.88. The third kappa shape index (κ3) is 1.95. The molecule has 16 heavy (non-hydrogen) atoms. The number of benzene rings is 1. The maximum atomic E-state index is 12.7. The number of aliphatic hydroxyl groups is 1. The summed E-state index contributed by atoms with van der Waals surface area (Å²) >= 11 is 0. The number of carbonyl (C=O) groups excluding carboxylic acids is 1. The van der Waals surface area contributed by atoms with Crippen molar-refractivity contribution in [2.45, 2.75) is 25.6 Å². The quantitative estimate of drug-likeness (QED) is 0.849. The summed E-state index contributed by atoms with van der Waals surface area (Å²) in [6.45, 7) is 2.30. The van der Waals surface area contributed by atoms with Crippen LogP contribution in [0.3, 0.4) is 0 Å². The lowest BCUT2D eigenvalue weighted by Gasteiger charge is -2.28. The minimum atomic E-state index is -5.02. The normalized spacial score (nSPS) is 15.6. The highest BCUT2D eigenvalue weighted by Crippen LogP contribution is 2.39. The molecule has 1 aromatic rings. The van der Waals surface area contributed by atoms with Crippen molar-refractivity contribution in [3.8, 4) is 0 Å². The van der Waals surface area contributed by atoms with Crippen LogP contribution in [0, 0.1) is 6.92 Å². The van der Waals surface area contributed by atoms with Crippen molar-refractivity contribution in [1.29, 1.82) is 0 Å². The molecule has 0 spiro atoms. The highest BCUT2D eigenvalue weighted by Gasteiger charge is 2.58. The molecule has 0 aliphatic heterocycles. The molecule has 2 nitrogen and oxygen atoms in total. The Morgan fingerprint density at radius 2 is 1.88 bits per heavy atom. The molecule has 88 valence electrons. The fraction of sp³-hybridized carbons (Fsp3) is 0.364. The first-order valence-corrected chi connectivity index (χ1v) is 4.57. The summed E-state index contributed by atoms with van der Waals surface area (Å²) in [6.07, 6.45) is -5.02. The zero-order chi connectivity index (χ0) is 12.6. The molecule has 0 heterocycles. The monoisotopic (exact) mass is 232 g/mol. The lowest BCUT2D eigenvalue weighted by molar-refractivity contribution is -0.254. The molecular formula is C11H11F3O2. The molecule has 0 saturated carbocycles. The summed E-state index contributed by atoms with van der Waals surface area (Å²) < 4.78 is 38.1. The predicted octanol–water partition coefficient (Wildman–Crippen LogP) is 2.33. The molecule has 0 fully saturated rings. The second-order valence-corrected chi connectivity index (χ2v) is 3.63. The van der Waals surface area contributed by atoms with Crippen molar-refractivity contribution in [2.24, 2.45) is 0 Å². The van der Waals surface area contributed by atoms with E-state index in [0.29, 0.717) is 5.56 Å². The molecule has 1 aromatic carbocycles. The van der Waals surface area contributed by atoms with E-state index < -0.39 is 23.1 Å². The van der Waals surface area contributed by atoms with Gasteiger partial charge in [-0.3, -0.25) is 4.79 Å². The number of aryl methyl sites for hydroxylation is 1. The van der Waals surface area contributed by atoms with Crippen LogP contribution in [-0.4, -0.2) is 17.1 Å². The summed E-state index contributed by atoms with van der Waals surface area (Å²) in [4.78, 5) is 11.1. The average molecular weight is 232 g/mol. The van der Waals surface area contributed by atoms with Gasteiger partial charge in [0.1, 0.15) is 0 Å². The van der Waals surface area contributed by atoms with Gasteiger partial charge in [-0.2, -0.15) is 13.2 Å². The summed E-state index contributed by atoms with van der Waals surface area (Å²) in [6, 6.07) is 5.18. The van der Waals surface area contributed by atoms with Crippen LogP contribution >= 0.6 is 0 Å². The topological polar surface area (TPSA) is 37.3 Å². The first-order valence-electron chi connectivity index (χ1n) is 4.57. The molecule has 1 atom stereocenters. The maximum Gasteiger partial charge on any atom is 0.428 e. The Morgan fingerprint density at radius 1 is 1.31 bits per heavy atom.